The van der Waals surface area contributed by atoms with Crippen LogP contribution < -0.4 is 5.32 Å². The van der Waals surface area contributed by atoms with Gasteiger partial charge in [0.05, 0.1) is 6.42 Å². The Morgan fingerprint density at radius 2 is 0.977 bits per heavy atom. The number of carbonyl (C=O) groups is 2. The fourth-order valence-corrected chi connectivity index (χ4v) is 5.14. The number of esters is 1. The van der Waals surface area contributed by atoms with Gasteiger partial charge in [-0.2, -0.15) is 0 Å². The van der Waals surface area contributed by atoms with Crippen LogP contribution in [0.3, 0.4) is 0 Å². The van der Waals surface area contributed by atoms with Gasteiger partial charge in [0.1, 0.15) is 0 Å². The van der Waals surface area contributed by atoms with E-state index in [0.717, 1.165) is 57.8 Å². The molecule has 0 aliphatic carbocycles. The summed E-state index contributed by atoms with van der Waals surface area (Å²) in [5.41, 5.74) is 0. The molecule has 0 aromatic carbocycles. The van der Waals surface area contributed by atoms with Gasteiger partial charge in [-0.05, 0) is 90.5 Å². The van der Waals surface area contributed by atoms with E-state index in [2.05, 4.69) is 67.8 Å². The van der Waals surface area contributed by atoms with Crippen molar-refractivity contribution in [2.75, 3.05) is 13.6 Å². The highest BCUT2D eigenvalue weighted by atomic mass is 16.5. The smallest absolute Gasteiger partial charge is 0.307 e. The lowest BCUT2D eigenvalue weighted by Crippen LogP contribution is -2.28. The Hall–Kier alpha value is -1.94. The molecule has 0 radical (unpaired) electrons. The third kappa shape index (κ3) is 31.5. The van der Waals surface area contributed by atoms with Crippen LogP contribution in [0.5, 0.6) is 0 Å². The lowest BCUT2D eigenvalue weighted by Gasteiger charge is -2.17. The molecule has 0 saturated heterocycles. The molecule has 0 amide bonds. The lowest BCUT2D eigenvalue weighted by molar-refractivity contribution is -0.155. The van der Waals surface area contributed by atoms with E-state index in [0.29, 0.717) is 25.8 Å². The molecular weight excluding hydrogens is 542 g/mol. The molecule has 254 valence electrons. The Bertz CT molecular complexity index is 752. The maximum absolute atomic E-state index is 12.9. The predicted molar refractivity (Wildman–Crippen MR) is 192 cm³/mol. The van der Waals surface area contributed by atoms with Crippen molar-refractivity contribution in [2.45, 2.75) is 180 Å². The third-order valence-corrected chi connectivity index (χ3v) is 8.00. The molecule has 4 nitrogen and oxygen atoms in total. The summed E-state index contributed by atoms with van der Waals surface area (Å²) < 4.78 is 5.65. The van der Waals surface area contributed by atoms with Crippen molar-refractivity contribution >= 4 is 11.8 Å². The van der Waals surface area contributed by atoms with Gasteiger partial charge in [-0.25, -0.2) is 0 Å². The molecule has 0 aliphatic rings. The minimum atomic E-state index is -0.567. The zero-order valence-electron chi connectivity index (χ0n) is 29.3. The monoisotopic (exact) mass is 614 g/mol. The summed E-state index contributed by atoms with van der Waals surface area (Å²) >= 11 is 0. The minimum absolute atomic E-state index is 0.109. The number of ketones is 1. The number of hydrogen-bond donors (Lipinski definition) is 1. The zero-order valence-corrected chi connectivity index (χ0v) is 29.3. The number of ether oxygens (including phenoxy) is 1. The fourth-order valence-electron chi connectivity index (χ4n) is 5.14. The summed E-state index contributed by atoms with van der Waals surface area (Å²) in [7, 11) is 1.82. The molecule has 0 spiro atoms. The molecule has 4 heteroatoms. The molecule has 0 bridgehead atoms. The first-order valence-corrected chi connectivity index (χ1v) is 18.6. The first-order chi connectivity index (χ1) is 21.7. The van der Waals surface area contributed by atoms with Crippen molar-refractivity contribution in [1.29, 1.82) is 0 Å². The van der Waals surface area contributed by atoms with Gasteiger partial charge >= 0.3 is 5.97 Å². The number of unbranched alkanes of at least 4 members (excludes halogenated alkanes) is 16. The average molecular weight is 614 g/mol. The maximum atomic E-state index is 12.9. The van der Waals surface area contributed by atoms with Crippen LogP contribution in [0.4, 0.5) is 0 Å². The lowest BCUT2D eigenvalue weighted by atomic mass is 10.0. The standard InChI is InChI=1S/C40H71NO3/c1-4-6-8-10-12-14-16-18-20-22-24-26-28-30-32-34-38(42)39(44-40(43)36-37-41-3)35-33-31-29-27-25-23-21-19-17-15-13-11-9-7-5-2/h12-15,18-21,39,41H,4-11,16-17,22-37H2,1-3H3/b14-12-,15-13-,20-18-,21-19-. The van der Waals surface area contributed by atoms with Crippen LogP contribution in [0.15, 0.2) is 48.6 Å². The SMILES string of the molecule is CCCCC/C=C\C/C=C\CCCCCCCC(=O)C(CCCCCCC/C=C\C/C=C\CCCCC)OC(=O)CCNC. The van der Waals surface area contributed by atoms with E-state index in [4.69, 9.17) is 4.74 Å². The van der Waals surface area contributed by atoms with Gasteiger partial charge in [-0.15, -0.1) is 0 Å². The van der Waals surface area contributed by atoms with Gasteiger partial charge in [0, 0.05) is 13.0 Å². The van der Waals surface area contributed by atoms with E-state index >= 15 is 0 Å². The summed E-state index contributed by atoms with van der Waals surface area (Å²) in [5.74, 6) is -0.154. The molecule has 0 aromatic rings. The quantitative estimate of drug-likeness (QED) is 0.0454. The normalized spacial score (nSPS) is 12.8. The summed E-state index contributed by atoms with van der Waals surface area (Å²) in [4.78, 5) is 25.2. The fraction of sp³-hybridized carbons (Fsp3) is 0.750. The minimum Gasteiger partial charge on any atom is -0.454 e. The van der Waals surface area contributed by atoms with Gasteiger partial charge in [-0.1, -0.05) is 127 Å². The summed E-state index contributed by atoms with van der Waals surface area (Å²) in [6.07, 6.45) is 45.1. The Morgan fingerprint density at radius 1 is 0.545 bits per heavy atom. The molecule has 0 aromatic heterocycles. The van der Waals surface area contributed by atoms with Crippen molar-refractivity contribution < 1.29 is 14.3 Å². The molecule has 1 atom stereocenters. The van der Waals surface area contributed by atoms with Crippen molar-refractivity contribution in [1.82, 2.24) is 5.32 Å². The number of rotatable bonds is 33. The van der Waals surface area contributed by atoms with E-state index in [1.165, 1.54) is 83.5 Å². The summed E-state index contributed by atoms with van der Waals surface area (Å²) in [5, 5.41) is 2.98. The first kappa shape index (κ1) is 42.1. The Kier molecular flexibility index (Phi) is 34.0. The molecule has 1 unspecified atom stereocenters. The molecule has 0 rings (SSSR count). The predicted octanol–water partition coefficient (Wildman–Crippen LogP) is 11.7. The second-order valence-electron chi connectivity index (χ2n) is 12.3. The van der Waals surface area contributed by atoms with Crippen molar-refractivity contribution in [3.63, 3.8) is 0 Å². The van der Waals surface area contributed by atoms with Crippen LogP contribution in [-0.2, 0) is 14.3 Å². The molecule has 0 aliphatic heterocycles. The van der Waals surface area contributed by atoms with Gasteiger partial charge in [0.25, 0.3) is 0 Å². The second-order valence-corrected chi connectivity index (χ2v) is 12.3. The molecule has 0 saturated carbocycles. The zero-order chi connectivity index (χ0) is 32.2. The third-order valence-electron chi connectivity index (χ3n) is 8.00. The van der Waals surface area contributed by atoms with Crippen LogP contribution in [-0.4, -0.2) is 31.4 Å². The van der Waals surface area contributed by atoms with Crippen LogP contribution in [0.1, 0.15) is 174 Å². The first-order valence-electron chi connectivity index (χ1n) is 18.6. The highest BCUT2D eigenvalue weighted by Gasteiger charge is 2.21. The number of Topliss-reactive ketones (excluding diaryl/α,β-unsaturated/α-hetero) is 1. The van der Waals surface area contributed by atoms with E-state index in [1.54, 1.807) is 0 Å². The number of allylic oxidation sites excluding steroid dienone is 8. The molecule has 1 N–H and O–H groups in total. The summed E-state index contributed by atoms with van der Waals surface area (Å²) in [6, 6.07) is 0. The highest BCUT2D eigenvalue weighted by Crippen LogP contribution is 2.16. The van der Waals surface area contributed by atoms with Gasteiger partial charge < -0.3 is 10.1 Å². The van der Waals surface area contributed by atoms with Crippen molar-refractivity contribution in [3.05, 3.63) is 48.6 Å². The van der Waals surface area contributed by atoms with Crippen molar-refractivity contribution in [3.8, 4) is 0 Å². The van der Waals surface area contributed by atoms with Gasteiger partial charge in [0.2, 0.25) is 0 Å². The van der Waals surface area contributed by atoms with Gasteiger partial charge in [-0.3, -0.25) is 9.59 Å². The van der Waals surface area contributed by atoms with Crippen LogP contribution in [0.25, 0.3) is 0 Å². The Morgan fingerprint density at radius 3 is 1.45 bits per heavy atom. The Labute approximate surface area is 273 Å². The molecule has 0 heterocycles. The number of carbonyl (C=O) groups excluding carboxylic acids is 2. The Balaban J connectivity index is 4.06. The van der Waals surface area contributed by atoms with E-state index < -0.39 is 6.10 Å². The molecule has 44 heavy (non-hydrogen) atoms. The van der Waals surface area contributed by atoms with Crippen LogP contribution in [0.2, 0.25) is 0 Å². The second kappa shape index (κ2) is 35.5. The van der Waals surface area contributed by atoms with Crippen LogP contribution >= 0.6 is 0 Å². The summed E-state index contributed by atoms with van der Waals surface area (Å²) in [6.45, 7) is 5.07. The largest absolute Gasteiger partial charge is 0.454 e. The van der Waals surface area contributed by atoms with E-state index in [1.807, 2.05) is 7.05 Å². The maximum Gasteiger partial charge on any atom is 0.307 e. The highest BCUT2D eigenvalue weighted by molar-refractivity contribution is 5.85. The van der Waals surface area contributed by atoms with Gasteiger partial charge in [0.15, 0.2) is 11.9 Å². The average Bonchev–Trinajstić information content (AvgIpc) is 3.03. The van der Waals surface area contributed by atoms with Crippen molar-refractivity contribution in [2.24, 2.45) is 0 Å². The molecule has 0 fully saturated rings. The number of hydrogen-bond acceptors (Lipinski definition) is 4. The van der Waals surface area contributed by atoms with E-state index in [9.17, 15) is 9.59 Å². The number of nitrogens with one attached hydrogen (secondary N) is 1. The molecular formula is C40H71NO3. The van der Waals surface area contributed by atoms with E-state index in [-0.39, 0.29) is 11.8 Å². The van der Waals surface area contributed by atoms with Crippen LogP contribution in [0, 0.1) is 0 Å². The topological polar surface area (TPSA) is 55.4 Å².